The summed E-state index contributed by atoms with van der Waals surface area (Å²) in [5.74, 6) is -1.84. The van der Waals surface area contributed by atoms with Gasteiger partial charge in [-0.05, 0) is 54.3 Å². The molecule has 2 aromatic carbocycles. The molecule has 8 heteroatoms. The molecular formula is C20H22FNO5S. The summed E-state index contributed by atoms with van der Waals surface area (Å²) < 4.78 is 41.3. The SMILES string of the molecule is O=C(O)c1cc(-c2ccc(F)c(CO)c2)cc(S(=O)(=O)N2CCCCCC2)c1. The van der Waals surface area contributed by atoms with Gasteiger partial charge in [-0.15, -0.1) is 0 Å². The molecule has 0 saturated carbocycles. The van der Waals surface area contributed by atoms with Gasteiger partial charge in [0.15, 0.2) is 0 Å². The van der Waals surface area contributed by atoms with E-state index in [-0.39, 0.29) is 16.0 Å². The smallest absolute Gasteiger partial charge is 0.335 e. The molecule has 0 amide bonds. The predicted molar refractivity (Wildman–Crippen MR) is 102 cm³/mol. The lowest BCUT2D eigenvalue weighted by atomic mass is 10.0. The van der Waals surface area contributed by atoms with E-state index in [0.29, 0.717) is 24.2 Å². The molecule has 150 valence electrons. The van der Waals surface area contributed by atoms with Crippen molar-refractivity contribution in [2.75, 3.05) is 13.1 Å². The average molecular weight is 407 g/mol. The summed E-state index contributed by atoms with van der Waals surface area (Å²) in [6.07, 6.45) is 3.46. The third-order valence-corrected chi connectivity index (χ3v) is 6.78. The van der Waals surface area contributed by atoms with Crippen molar-refractivity contribution < 1.29 is 27.8 Å². The second-order valence-electron chi connectivity index (χ2n) is 6.83. The molecule has 0 aromatic heterocycles. The lowest BCUT2D eigenvalue weighted by molar-refractivity contribution is 0.0696. The van der Waals surface area contributed by atoms with Crippen molar-refractivity contribution in [1.29, 1.82) is 0 Å². The third-order valence-electron chi connectivity index (χ3n) is 4.91. The Balaban J connectivity index is 2.11. The molecule has 6 nitrogen and oxygen atoms in total. The molecular weight excluding hydrogens is 385 g/mol. The quantitative estimate of drug-likeness (QED) is 0.793. The molecule has 0 atom stereocenters. The number of aliphatic hydroxyl groups is 1. The average Bonchev–Trinajstić information content (AvgIpc) is 2.98. The predicted octanol–water partition coefficient (Wildman–Crippen LogP) is 3.25. The fraction of sp³-hybridized carbons (Fsp3) is 0.350. The van der Waals surface area contributed by atoms with Gasteiger partial charge in [0.1, 0.15) is 5.82 Å². The van der Waals surface area contributed by atoms with Crippen molar-refractivity contribution in [3.8, 4) is 11.1 Å². The number of hydrogen-bond acceptors (Lipinski definition) is 4. The number of aromatic carboxylic acids is 1. The Morgan fingerprint density at radius 3 is 2.29 bits per heavy atom. The van der Waals surface area contributed by atoms with E-state index >= 15 is 0 Å². The van der Waals surface area contributed by atoms with Gasteiger partial charge in [-0.25, -0.2) is 17.6 Å². The van der Waals surface area contributed by atoms with Gasteiger partial charge in [0, 0.05) is 18.7 Å². The Labute approximate surface area is 163 Å². The fourth-order valence-corrected chi connectivity index (χ4v) is 4.93. The van der Waals surface area contributed by atoms with E-state index in [4.69, 9.17) is 0 Å². The summed E-state index contributed by atoms with van der Waals surface area (Å²) in [4.78, 5) is 11.5. The molecule has 0 unspecified atom stereocenters. The summed E-state index contributed by atoms with van der Waals surface area (Å²) in [6, 6.07) is 7.88. The van der Waals surface area contributed by atoms with Crippen LogP contribution in [0.4, 0.5) is 4.39 Å². The topological polar surface area (TPSA) is 94.9 Å². The normalized spacial score (nSPS) is 15.9. The maximum atomic E-state index is 13.7. The molecule has 0 bridgehead atoms. The van der Waals surface area contributed by atoms with Crippen LogP contribution in [0.1, 0.15) is 41.6 Å². The van der Waals surface area contributed by atoms with Crippen molar-refractivity contribution in [3.63, 3.8) is 0 Å². The number of sulfonamides is 1. The Morgan fingerprint density at radius 1 is 1.00 bits per heavy atom. The fourth-order valence-electron chi connectivity index (χ4n) is 3.34. The highest BCUT2D eigenvalue weighted by Crippen LogP contribution is 2.29. The Hall–Kier alpha value is -2.29. The number of benzene rings is 2. The van der Waals surface area contributed by atoms with Crippen LogP contribution in [0.3, 0.4) is 0 Å². The van der Waals surface area contributed by atoms with Gasteiger partial charge >= 0.3 is 5.97 Å². The zero-order valence-electron chi connectivity index (χ0n) is 15.3. The first-order valence-electron chi connectivity index (χ1n) is 9.11. The van der Waals surface area contributed by atoms with Crippen molar-refractivity contribution >= 4 is 16.0 Å². The zero-order chi connectivity index (χ0) is 20.3. The van der Waals surface area contributed by atoms with Gasteiger partial charge in [-0.2, -0.15) is 4.31 Å². The van der Waals surface area contributed by atoms with E-state index in [9.17, 15) is 27.8 Å². The maximum absolute atomic E-state index is 13.7. The van der Waals surface area contributed by atoms with Gasteiger partial charge in [0.05, 0.1) is 17.1 Å². The number of rotatable bonds is 5. The first kappa shape index (κ1) is 20.4. The minimum atomic E-state index is -3.85. The zero-order valence-corrected chi connectivity index (χ0v) is 16.1. The minimum absolute atomic E-state index is 0.0511. The van der Waals surface area contributed by atoms with E-state index in [0.717, 1.165) is 37.8 Å². The van der Waals surface area contributed by atoms with Crippen LogP contribution in [0.25, 0.3) is 11.1 Å². The van der Waals surface area contributed by atoms with Crippen LogP contribution in [-0.4, -0.2) is 42.0 Å². The number of carbonyl (C=O) groups is 1. The molecule has 1 saturated heterocycles. The summed E-state index contributed by atoms with van der Waals surface area (Å²) in [5, 5.41) is 18.7. The number of carboxylic acids is 1. The molecule has 28 heavy (non-hydrogen) atoms. The molecule has 2 aromatic rings. The molecule has 1 fully saturated rings. The summed E-state index contributed by atoms with van der Waals surface area (Å²) in [6.45, 7) is 0.289. The molecule has 2 N–H and O–H groups in total. The van der Waals surface area contributed by atoms with Crippen LogP contribution in [0.2, 0.25) is 0 Å². The highest BCUT2D eigenvalue weighted by molar-refractivity contribution is 7.89. The van der Waals surface area contributed by atoms with Crippen molar-refractivity contribution in [2.24, 2.45) is 0 Å². The van der Waals surface area contributed by atoms with Crippen molar-refractivity contribution in [2.45, 2.75) is 37.2 Å². The number of carboxylic acid groups (broad SMARTS) is 1. The number of nitrogens with zero attached hydrogens (tertiary/aromatic N) is 1. The highest BCUT2D eigenvalue weighted by atomic mass is 32.2. The lowest BCUT2D eigenvalue weighted by Crippen LogP contribution is -2.32. The monoisotopic (exact) mass is 407 g/mol. The van der Waals surface area contributed by atoms with E-state index < -0.39 is 28.4 Å². The number of halogens is 1. The van der Waals surface area contributed by atoms with Gasteiger partial charge < -0.3 is 10.2 Å². The first-order chi connectivity index (χ1) is 13.3. The standard InChI is InChI=1S/C20H22FNO5S/c21-19-6-5-14(9-17(19)13-23)15-10-16(20(24)25)12-18(11-15)28(26,27)22-7-3-1-2-4-8-22/h5-6,9-12,23H,1-4,7-8,13H2,(H,24,25). The summed E-state index contributed by atoms with van der Waals surface area (Å²) in [5.41, 5.74) is 0.653. The van der Waals surface area contributed by atoms with Crippen molar-refractivity contribution in [1.82, 2.24) is 4.31 Å². The summed E-state index contributed by atoms with van der Waals surface area (Å²) in [7, 11) is -3.85. The van der Waals surface area contributed by atoms with Crippen LogP contribution >= 0.6 is 0 Å². The van der Waals surface area contributed by atoms with Crippen LogP contribution in [-0.2, 0) is 16.6 Å². The van der Waals surface area contributed by atoms with Gasteiger partial charge in [-0.3, -0.25) is 0 Å². The first-order valence-corrected chi connectivity index (χ1v) is 10.5. The molecule has 0 radical (unpaired) electrons. The van der Waals surface area contributed by atoms with E-state index in [1.165, 1.54) is 28.6 Å². The molecule has 0 aliphatic carbocycles. The molecule has 1 aliphatic rings. The van der Waals surface area contributed by atoms with E-state index in [1.807, 2.05) is 0 Å². The van der Waals surface area contributed by atoms with E-state index in [2.05, 4.69) is 0 Å². The second-order valence-corrected chi connectivity index (χ2v) is 8.77. The Bertz CT molecular complexity index is 982. The number of hydrogen-bond donors (Lipinski definition) is 2. The summed E-state index contributed by atoms with van der Waals surface area (Å²) >= 11 is 0. The largest absolute Gasteiger partial charge is 0.478 e. The molecule has 1 aliphatic heterocycles. The van der Waals surface area contributed by atoms with Crippen LogP contribution < -0.4 is 0 Å². The van der Waals surface area contributed by atoms with Crippen LogP contribution in [0.5, 0.6) is 0 Å². The third kappa shape index (κ3) is 4.24. The highest BCUT2D eigenvalue weighted by Gasteiger charge is 2.27. The van der Waals surface area contributed by atoms with Gasteiger partial charge in [0.2, 0.25) is 10.0 Å². The Kier molecular flexibility index (Phi) is 6.12. The lowest BCUT2D eigenvalue weighted by Gasteiger charge is -2.20. The van der Waals surface area contributed by atoms with Crippen LogP contribution in [0, 0.1) is 5.82 Å². The minimum Gasteiger partial charge on any atom is -0.478 e. The maximum Gasteiger partial charge on any atom is 0.335 e. The number of aliphatic hydroxyl groups excluding tert-OH is 1. The van der Waals surface area contributed by atoms with Crippen molar-refractivity contribution in [3.05, 3.63) is 53.3 Å². The molecule has 1 heterocycles. The second kappa shape index (κ2) is 8.38. The van der Waals surface area contributed by atoms with Gasteiger partial charge in [-0.1, -0.05) is 18.9 Å². The molecule has 3 rings (SSSR count). The molecule has 0 spiro atoms. The Morgan fingerprint density at radius 2 is 1.68 bits per heavy atom. The van der Waals surface area contributed by atoms with Gasteiger partial charge in [0.25, 0.3) is 0 Å². The van der Waals surface area contributed by atoms with Crippen LogP contribution in [0.15, 0.2) is 41.3 Å². The van der Waals surface area contributed by atoms with E-state index in [1.54, 1.807) is 0 Å².